The van der Waals surface area contributed by atoms with E-state index in [2.05, 4.69) is 6.92 Å². The fraction of sp³-hybridized carbons (Fsp3) is 0.500. The fourth-order valence-electron chi connectivity index (χ4n) is 1.95. The number of rotatable bonds is 5. The van der Waals surface area contributed by atoms with Crippen LogP contribution in [0.25, 0.3) is 0 Å². The van der Waals surface area contributed by atoms with Crippen molar-refractivity contribution in [2.24, 2.45) is 5.14 Å². The lowest BCUT2D eigenvalue weighted by molar-refractivity contribution is 0.597. The molecule has 0 saturated carbocycles. The fourth-order valence-corrected chi connectivity index (χ4v) is 3.48. The summed E-state index contributed by atoms with van der Waals surface area (Å²) in [5.74, 6) is 0.940. The largest absolute Gasteiger partial charge is 0.399 e. The third-order valence-corrected chi connectivity index (χ3v) is 4.96. The molecular weight excluding hydrogens is 282 g/mol. The maximum atomic E-state index is 11.6. The van der Waals surface area contributed by atoms with Gasteiger partial charge in [-0.3, -0.25) is 0 Å². The molecule has 0 spiro atoms. The molecule has 4 N–H and O–H groups in total. The molecule has 0 saturated heterocycles. The van der Waals surface area contributed by atoms with Crippen LogP contribution in [0.15, 0.2) is 17.0 Å². The van der Waals surface area contributed by atoms with Crippen LogP contribution in [-0.2, 0) is 10.0 Å². The van der Waals surface area contributed by atoms with E-state index in [1.807, 2.05) is 18.2 Å². The SMILES string of the molecule is CSCC(C)N(C)c1cc(N)cc(S(N)(=O)=O)c1C. The van der Waals surface area contributed by atoms with Gasteiger partial charge in [0.1, 0.15) is 0 Å². The van der Waals surface area contributed by atoms with E-state index < -0.39 is 10.0 Å². The number of sulfonamides is 1. The summed E-state index contributed by atoms with van der Waals surface area (Å²) in [6.07, 6.45) is 2.03. The highest BCUT2D eigenvalue weighted by Gasteiger charge is 2.19. The van der Waals surface area contributed by atoms with Crippen molar-refractivity contribution in [1.82, 2.24) is 0 Å². The van der Waals surface area contributed by atoms with Gasteiger partial charge in [0.25, 0.3) is 0 Å². The van der Waals surface area contributed by atoms with Gasteiger partial charge in [-0.05, 0) is 37.8 Å². The highest BCUT2D eigenvalue weighted by molar-refractivity contribution is 7.98. The molecule has 7 heteroatoms. The predicted molar refractivity (Wildman–Crippen MR) is 83.2 cm³/mol. The summed E-state index contributed by atoms with van der Waals surface area (Å²) in [4.78, 5) is 2.11. The van der Waals surface area contributed by atoms with Gasteiger partial charge in [0.05, 0.1) is 4.90 Å². The zero-order chi connectivity index (χ0) is 14.8. The predicted octanol–water partition coefficient (Wildman–Crippen LogP) is 1.41. The van der Waals surface area contributed by atoms with Crippen molar-refractivity contribution >= 4 is 33.2 Å². The van der Waals surface area contributed by atoms with Crippen LogP contribution in [-0.4, -0.2) is 33.5 Å². The normalized spacial score (nSPS) is 13.3. The van der Waals surface area contributed by atoms with E-state index in [0.717, 1.165) is 11.4 Å². The van der Waals surface area contributed by atoms with Gasteiger partial charge in [-0.1, -0.05) is 0 Å². The lowest BCUT2D eigenvalue weighted by atomic mass is 10.1. The standard InChI is InChI=1S/C12H21N3O2S2/c1-8(7-18-4)15(3)11-5-10(13)6-12(9(11)2)19(14,16)17/h5-6,8H,7,13H2,1-4H3,(H2,14,16,17). The molecule has 0 aliphatic heterocycles. The Kier molecular flexibility index (Phi) is 5.11. The van der Waals surface area contributed by atoms with Gasteiger partial charge in [-0.25, -0.2) is 13.6 Å². The maximum absolute atomic E-state index is 11.6. The minimum absolute atomic E-state index is 0.0886. The van der Waals surface area contributed by atoms with Gasteiger partial charge in [-0.15, -0.1) is 0 Å². The Bertz CT molecular complexity index is 558. The molecule has 0 radical (unpaired) electrons. The number of nitrogen functional groups attached to an aromatic ring is 1. The highest BCUT2D eigenvalue weighted by atomic mass is 32.2. The molecule has 108 valence electrons. The molecule has 0 aliphatic rings. The smallest absolute Gasteiger partial charge is 0.238 e. The van der Waals surface area contributed by atoms with Gasteiger partial charge in [0.2, 0.25) is 10.0 Å². The van der Waals surface area contributed by atoms with Crippen molar-refractivity contribution < 1.29 is 8.42 Å². The average molecular weight is 303 g/mol. The second-order valence-corrected chi connectivity index (χ2v) is 7.06. The van der Waals surface area contributed by atoms with E-state index in [4.69, 9.17) is 10.9 Å². The topological polar surface area (TPSA) is 89.4 Å². The highest BCUT2D eigenvalue weighted by Crippen LogP contribution is 2.29. The Morgan fingerprint density at radius 2 is 2.00 bits per heavy atom. The molecule has 0 fully saturated rings. The van der Waals surface area contributed by atoms with Crippen LogP contribution < -0.4 is 15.8 Å². The Morgan fingerprint density at radius 3 is 2.47 bits per heavy atom. The van der Waals surface area contributed by atoms with E-state index in [-0.39, 0.29) is 10.9 Å². The second kappa shape index (κ2) is 6.02. The third-order valence-electron chi connectivity index (χ3n) is 3.11. The molecule has 0 heterocycles. The summed E-state index contributed by atoms with van der Waals surface area (Å²) < 4.78 is 23.2. The number of hydrogen-bond acceptors (Lipinski definition) is 5. The van der Waals surface area contributed by atoms with E-state index in [1.54, 1.807) is 24.8 Å². The lowest BCUT2D eigenvalue weighted by Gasteiger charge is -2.29. The van der Waals surface area contributed by atoms with Crippen LogP contribution in [0.3, 0.4) is 0 Å². The maximum Gasteiger partial charge on any atom is 0.238 e. The molecular formula is C12H21N3O2S2. The number of benzene rings is 1. The van der Waals surface area contributed by atoms with Gasteiger partial charge in [0.15, 0.2) is 0 Å². The van der Waals surface area contributed by atoms with E-state index in [1.165, 1.54) is 6.07 Å². The number of thioether (sulfide) groups is 1. The number of primary sulfonamides is 1. The zero-order valence-electron chi connectivity index (χ0n) is 11.7. The first-order valence-electron chi connectivity index (χ1n) is 5.83. The molecule has 19 heavy (non-hydrogen) atoms. The second-order valence-electron chi connectivity index (χ2n) is 4.62. The number of nitrogens with zero attached hydrogens (tertiary/aromatic N) is 1. The molecule has 0 amide bonds. The van der Waals surface area contributed by atoms with Crippen molar-refractivity contribution in [2.75, 3.05) is 29.7 Å². The minimum atomic E-state index is -3.76. The summed E-state index contributed by atoms with van der Waals surface area (Å²) in [5.41, 5.74) is 7.61. The Hall–Kier alpha value is -0.920. The zero-order valence-corrected chi connectivity index (χ0v) is 13.3. The summed E-state index contributed by atoms with van der Waals surface area (Å²) in [6.45, 7) is 3.83. The lowest BCUT2D eigenvalue weighted by Crippen LogP contribution is -2.32. The van der Waals surface area contributed by atoms with Crippen LogP contribution in [0.4, 0.5) is 11.4 Å². The van der Waals surface area contributed by atoms with Gasteiger partial charge in [-0.2, -0.15) is 11.8 Å². The molecule has 5 nitrogen and oxygen atoms in total. The summed E-state index contributed by atoms with van der Waals surface area (Å²) in [6, 6.07) is 3.45. The Labute approximate surface area is 119 Å². The number of nitrogens with two attached hydrogens (primary N) is 2. The van der Waals surface area contributed by atoms with Crippen molar-refractivity contribution in [3.8, 4) is 0 Å². The molecule has 1 aromatic carbocycles. The van der Waals surface area contributed by atoms with Crippen molar-refractivity contribution in [1.29, 1.82) is 0 Å². The van der Waals surface area contributed by atoms with Gasteiger partial charge < -0.3 is 10.6 Å². The molecule has 1 aromatic rings. The Morgan fingerprint density at radius 1 is 1.42 bits per heavy atom. The quantitative estimate of drug-likeness (QED) is 0.803. The van der Waals surface area contributed by atoms with Crippen molar-refractivity contribution in [2.45, 2.75) is 24.8 Å². The van der Waals surface area contributed by atoms with Crippen LogP contribution in [0.2, 0.25) is 0 Å². The first-order valence-corrected chi connectivity index (χ1v) is 8.77. The van der Waals surface area contributed by atoms with Gasteiger partial charge >= 0.3 is 0 Å². The molecule has 1 atom stereocenters. The number of hydrogen-bond donors (Lipinski definition) is 2. The first kappa shape index (κ1) is 16.1. The molecule has 0 aromatic heterocycles. The van der Waals surface area contributed by atoms with Crippen LogP contribution in [0.1, 0.15) is 12.5 Å². The first-order chi connectivity index (χ1) is 8.68. The third kappa shape index (κ3) is 3.77. The summed E-state index contributed by atoms with van der Waals surface area (Å²) >= 11 is 1.74. The molecule has 0 aliphatic carbocycles. The molecule has 0 bridgehead atoms. The Balaban J connectivity index is 3.33. The van der Waals surface area contributed by atoms with Crippen LogP contribution in [0, 0.1) is 6.92 Å². The van der Waals surface area contributed by atoms with Gasteiger partial charge in [0, 0.05) is 30.2 Å². The molecule has 1 unspecified atom stereocenters. The van der Waals surface area contributed by atoms with E-state index in [9.17, 15) is 8.42 Å². The number of anilines is 2. The molecule has 1 rings (SSSR count). The average Bonchev–Trinajstić information content (AvgIpc) is 2.29. The van der Waals surface area contributed by atoms with E-state index >= 15 is 0 Å². The van der Waals surface area contributed by atoms with Crippen LogP contribution in [0.5, 0.6) is 0 Å². The van der Waals surface area contributed by atoms with Crippen LogP contribution >= 0.6 is 11.8 Å². The van der Waals surface area contributed by atoms with Crippen molar-refractivity contribution in [3.05, 3.63) is 17.7 Å². The van der Waals surface area contributed by atoms with Crippen molar-refractivity contribution in [3.63, 3.8) is 0 Å². The summed E-state index contributed by atoms with van der Waals surface area (Å²) in [5, 5.41) is 5.22. The minimum Gasteiger partial charge on any atom is -0.399 e. The summed E-state index contributed by atoms with van der Waals surface area (Å²) in [7, 11) is -1.84. The van der Waals surface area contributed by atoms with E-state index in [0.29, 0.717) is 11.3 Å². The monoisotopic (exact) mass is 303 g/mol.